The van der Waals surface area contributed by atoms with Crippen molar-refractivity contribution < 1.29 is 0 Å². The third kappa shape index (κ3) is 4.67. The topological polar surface area (TPSA) is 12.0 Å². The van der Waals surface area contributed by atoms with Crippen LogP contribution in [-0.4, -0.2) is 12.6 Å². The normalized spacial score (nSPS) is 14.9. The number of aryl methyl sites for hydroxylation is 1. The first-order valence-corrected chi connectivity index (χ1v) is 7.41. The van der Waals surface area contributed by atoms with Gasteiger partial charge >= 0.3 is 0 Å². The molecule has 1 N–H and O–H groups in total. The molecule has 16 heavy (non-hydrogen) atoms. The second-order valence-corrected chi connectivity index (χ2v) is 5.60. The molecule has 0 spiro atoms. The van der Waals surface area contributed by atoms with Gasteiger partial charge in [-0.15, -0.1) is 11.3 Å². The summed E-state index contributed by atoms with van der Waals surface area (Å²) < 4.78 is 0. The lowest BCUT2D eigenvalue weighted by Crippen LogP contribution is -2.35. The van der Waals surface area contributed by atoms with Crippen LogP contribution < -0.4 is 5.32 Å². The molecule has 0 aliphatic heterocycles. The van der Waals surface area contributed by atoms with Gasteiger partial charge in [-0.3, -0.25) is 0 Å². The highest BCUT2D eigenvalue weighted by atomic mass is 32.1. The Morgan fingerprint density at radius 1 is 1.38 bits per heavy atom. The van der Waals surface area contributed by atoms with Crippen molar-refractivity contribution in [1.82, 2.24) is 5.32 Å². The zero-order chi connectivity index (χ0) is 11.8. The molecule has 1 aromatic rings. The molecule has 0 saturated heterocycles. The highest BCUT2D eigenvalue weighted by molar-refractivity contribution is 7.09. The quantitative estimate of drug-likeness (QED) is 0.720. The summed E-state index contributed by atoms with van der Waals surface area (Å²) in [5.41, 5.74) is 0. The van der Waals surface area contributed by atoms with Crippen LogP contribution in [0, 0.1) is 5.92 Å². The maximum Gasteiger partial charge on any atom is 0.00960 e. The SMILES string of the molecule is CCCNC(CCc1cccs1)C(C)CC. The van der Waals surface area contributed by atoms with Gasteiger partial charge in [0.25, 0.3) is 0 Å². The Balaban J connectivity index is 2.37. The molecule has 2 unspecified atom stereocenters. The molecule has 0 bridgehead atoms. The minimum atomic E-state index is 0.687. The summed E-state index contributed by atoms with van der Waals surface area (Å²) >= 11 is 1.88. The lowest BCUT2D eigenvalue weighted by molar-refractivity contribution is 0.349. The van der Waals surface area contributed by atoms with Crippen molar-refractivity contribution >= 4 is 11.3 Å². The molecule has 0 amide bonds. The Kier molecular flexibility index (Phi) is 6.74. The maximum atomic E-state index is 3.69. The number of rotatable bonds is 8. The Bertz CT molecular complexity index is 256. The number of thiophene rings is 1. The molecule has 0 aliphatic rings. The van der Waals surface area contributed by atoms with Crippen molar-refractivity contribution in [2.24, 2.45) is 5.92 Å². The van der Waals surface area contributed by atoms with Crippen molar-refractivity contribution in [3.05, 3.63) is 22.4 Å². The second-order valence-electron chi connectivity index (χ2n) is 4.56. The van der Waals surface area contributed by atoms with Crippen LogP contribution in [0.4, 0.5) is 0 Å². The molecule has 92 valence electrons. The van der Waals surface area contributed by atoms with E-state index in [0.29, 0.717) is 6.04 Å². The number of hydrogen-bond donors (Lipinski definition) is 1. The summed E-state index contributed by atoms with van der Waals surface area (Å²) in [4.78, 5) is 1.52. The molecule has 2 heteroatoms. The number of nitrogens with one attached hydrogen (secondary N) is 1. The molecule has 1 heterocycles. The van der Waals surface area contributed by atoms with Crippen molar-refractivity contribution in [3.63, 3.8) is 0 Å². The molecule has 0 fully saturated rings. The zero-order valence-electron chi connectivity index (χ0n) is 10.8. The molecule has 0 saturated carbocycles. The molecule has 0 aliphatic carbocycles. The average Bonchev–Trinajstić information content (AvgIpc) is 2.81. The minimum Gasteiger partial charge on any atom is -0.314 e. The molecule has 1 aromatic heterocycles. The van der Waals surface area contributed by atoms with E-state index >= 15 is 0 Å². The zero-order valence-corrected chi connectivity index (χ0v) is 11.6. The third-order valence-electron chi connectivity index (χ3n) is 3.27. The van der Waals surface area contributed by atoms with Crippen LogP contribution in [0.5, 0.6) is 0 Å². The highest BCUT2D eigenvalue weighted by Crippen LogP contribution is 2.17. The van der Waals surface area contributed by atoms with E-state index < -0.39 is 0 Å². The van der Waals surface area contributed by atoms with Crippen LogP contribution in [0.15, 0.2) is 17.5 Å². The second kappa shape index (κ2) is 7.86. The fourth-order valence-corrected chi connectivity index (χ4v) is 2.68. The molecular weight excluding hydrogens is 214 g/mol. The van der Waals surface area contributed by atoms with Gasteiger partial charge in [-0.25, -0.2) is 0 Å². The molecule has 0 aromatic carbocycles. The van der Waals surface area contributed by atoms with Crippen LogP contribution in [0.1, 0.15) is 44.9 Å². The predicted octanol–water partition coefficient (Wildman–Crippen LogP) is 4.10. The van der Waals surface area contributed by atoms with E-state index in [9.17, 15) is 0 Å². The molecular formula is C14H25NS. The van der Waals surface area contributed by atoms with Gasteiger partial charge in [-0.1, -0.05) is 33.3 Å². The highest BCUT2D eigenvalue weighted by Gasteiger charge is 2.14. The first-order valence-electron chi connectivity index (χ1n) is 6.53. The van der Waals surface area contributed by atoms with E-state index in [1.807, 2.05) is 11.3 Å². The van der Waals surface area contributed by atoms with Gasteiger partial charge in [0, 0.05) is 10.9 Å². The van der Waals surface area contributed by atoms with Crippen molar-refractivity contribution in [2.75, 3.05) is 6.54 Å². The van der Waals surface area contributed by atoms with E-state index in [1.165, 1.54) is 30.6 Å². The van der Waals surface area contributed by atoms with Gasteiger partial charge in [0.15, 0.2) is 0 Å². The van der Waals surface area contributed by atoms with E-state index in [2.05, 4.69) is 43.6 Å². The van der Waals surface area contributed by atoms with Crippen LogP contribution in [0.3, 0.4) is 0 Å². The molecule has 1 nitrogen and oxygen atoms in total. The standard InChI is InChI=1S/C14H25NS/c1-4-10-15-14(12(3)5-2)9-8-13-7-6-11-16-13/h6-7,11-12,14-15H,4-5,8-10H2,1-3H3. The summed E-state index contributed by atoms with van der Waals surface area (Å²) in [5, 5.41) is 5.86. The molecule has 1 rings (SSSR count). The van der Waals surface area contributed by atoms with Gasteiger partial charge < -0.3 is 5.32 Å². The Labute approximate surface area is 104 Å². The van der Waals surface area contributed by atoms with Gasteiger partial charge in [-0.2, -0.15) is 0 Å². The van der Waals surface area contributed by atoms with Crippen LogP contribution in [-0.2, 0) is 6.42 Å². The lowest BCUT2D eigenvalue weighted by Gasteiger charge is -2.24. The predicted molar refractivity (Wildman–Crippen MR) is 74.2 cm³/mol. The van der Waals surface area contributed by atoms with Gasteiger partial charge in [0.1, 0.15) is 0 Å². The van der Waals surface area contributed by atoms with E-state index in [-0.39, 0.29) is 0 Å². The molecule has 2 atom stereocenters. The van der Waals surface area contributed by atoms with Crippen molar-refractivity contribution in [3.8, 4) is 0 Å². The summed E-state index contributed by atoms with van der Waals surface area (Å²) in [6.45, 7) is 8.04. The fourth-order valence-electron chi connectivity index (χ4n) is 1.95. The largest absolute Gasteiger partial charge is 0.314 e. The van der Waals surface area contributed by atoms with E-state index in [0.717, 1.165) is 12.5 Å². The van der Waals surface area contributed by atoms with E-state index in [1.54, 1.807) is 0 Å². The van der Waals surface area contributed by atoms with Gasteiger partial charge in [-0.05, 0) is 43.2 Å². The van der Waals surface area contributed by atoms with Gasteiger partial charge in [0.2, 0.25) is 0 Å². The smallest absolute Gasteiger partial charge is 0.00960 e. The van der Waals surface area contributed by atoms with E-state index in [4.69, 9.17) is 0 Å². The Morgan fingerprint density at radius 2 is 2.19 bits per heavy atom. The van der Waals surface area contributed by atoms with Crippen LogP contribution >= 0.6 is 11.3 Å². The first kappa shape index (κ1) is 13.7. The summed E-state index contributed by atoms with van der Waals surface area (Å²) in [6, 6.07) is 5.09. The lowest BCUT2D eigenvalue weighted by atomic mass is 9.94. The third-order valence-corrected chi connectivity index (χ3v) is 4.21. The maximum absolute atomic E-state index is 3.69. The minimum absolute atomic E-state index is 0.687. The first-order chi connectivity index (χ1) is 7.77. The van der Waals surface area contributed by atoms with Crippen molar-refractivity contribution in [2.45, 2.75) is 52.5 Å². The van der Waals surface area contributed by atoms with Crippen molar-refractivity contribution in [1.29, 1.82) is 0 Å². The monoisotopic (exact) mass is 239 g/mol. The average molecular weight is 239 g/mol. The van der Waals surface area contributed by atoms with Crippen LogP contribution in [0.2, 0.25) is 0 Å². The summed E-state index contributed by atoms with van der Waals surface area (Å²) in [6.07, 6.45) is 5.00. The molecule has 0 radical (unpaired) electrons. The van der Waals surface area contributed by atoms with Crippen LogP contribution in [0.25, 0.3) is 0 Å². The summed E-state index contributed by atoms with van der Waals surface area (Å²) in [7, 11) is 0. The number of hydrogen-bond acceptors (Lipinski definition) is 2. The Hall–Kier alpha value is -0.340. The Morgan fingerprint density at radius 3 is 2.75 bits per heavy atom. The van der Waals surface area contributed by atoms with Gasteiger partial charge in [0.05, 0.1) is 0 Å². The fraction of sp³-hybridized carbons (Fsp3) is 0.714. The summed E-state index contributed by atoms with van der Waals surface area (Å²) in [5.74, 6) is 0.784.